The third kappa shape index (κ3) is 10.7. The van der Waals surface area contributed by atoms with E-state index in [-0.39, 0.29) is 12.0 Å². The molecule has 4 heteroatoms. The Balaban J connectivity index is 1.19. The lowest BCUT2D eigenvalue weighted by molar-refractivity contribution is 0.282. The van der Waals surface area contributed by atoms with Crippen LogP contribution in [0.2, 0.25) is 0 Å². The summed E-state index contributed by atoms with van der Waals surface area (Å²) in [5, 5.41) is 5.83. The molecule has 0 saturated carbocycles. The van der Waals surface area contributed by atoms with Gasteiger partial charge in [-0.15, -0.1) is 6.58 Å². The first-order valence-electron chi connectivity index (χ1n) is 22.5. The Morgan fingerprint density at radius 1 is 0.823 bits per heavy atom. The maximum Gasteiger partial charge on any atom is 0.201 e. The summed E-state index contributed by atoms with van der Waals surface area (Å²) < 4.78 is 0. The summed E-state index contributed by atoms with van der Waals surface area (Å²) in [6, 6.07) is 38.9. The minimum atomic E-state index is -0.469. The number of nitrogens with one attached hydrogen (secondary N) is 1. The summed E-state index contributed by atoms with van der Waals surface area (Å²) in [6.45, 7) is 27.5. The van der Waals surface area contributed by atoms with Crippen molar-refractivity contribution in [1.29, 1.82) is 0 Å². The predicted molar refractivity (Wildman–Crippen MR) is 264 cm³/mol. The van der Waals surface area contributed by atoms with E-state index in [1.165, 1.54) is 33.5 Å². The van der Waals surface area contributed by atoms with E-state index < -0.39 is 6.29 Å². The van der Waals surface area contributed by atoms with Crippen LogP contribution >= 0.6 is 0 Å². The number of rotatable bonds is 18. The van der Waals surface area contributed by atoms with Gasteiger partial charge >= 0.3 is 0 Å². The molecular weight excluding hydrogens is 753 g/mol. The van der Waals surface area contributed by atoms with Gasteiger partial charge in [0.1, 0.15) is 0 Å². The predicted octanol–water partition coefficient (Wildman–Crippen LogP) is 12.9. The molecule has 4 atom stereocenters. The van der Waals surface area contributed by atoms with Crippen molar-refractivity contribution in [3.63, 3.8) is 0 Å². The molecule has 2 unspecified atom stereocenters. The van der Waals surface area contributed by atoms with Gasteiger partial charge in [-0.3, -0.25) is 0 Å². The highest BCUT2D eigenvalue weighted by Gasteiger charge is 2.32. The van der Waals surface area contributed by atoms with Crippen molar-refractivity contribution < 1.29 is 0 Å². The van der Waals surface area contributed by atoms with E-state index in [0.717, 1.165) is 104 Å². The van der Waals surface area contributed by atoms with Crippen LogP contribution in [0.3, 0.4) is 0 Å². The zero-order valence-corrected chi connectivity index (χ0v) is 36.6. The Morgan fingerprint density at radius 2 is 1.52 bits per heavy atom. The van der Waals surface area contributed by atoms with Gasteiger partial charge in [0, 0.05) is 34.8 Å². The molecule has 1 aliphatic carbocycles. The maximum absolute atomic E-state index is 5.31. The standard InChI is InChI=1S/C58H64N4/c1-7-9-24-43(3)25-13-10-16-28-51(50-29-23-40-61(52-30-17-12-18-31-52)56-35-22-20-32-53(56)44(4)41-50)42-46(6)62(45(5)8-2)58-59-55-34-21-19-33-54(55)57(60-58)49-38-36-48(37-39-49)47-26-14-11-15-27-47/h7-8,10-12,14-19,21-22,26-27,30-31,33-39,41,51,53,56,58,60H,1-6,9,13,20,23-25,28-29,32,40,42H2/b16-10-,50-41+/t51-,53?,56?,58+/m1/s1. The summed E-state index contributed by atoms with van der Waals surface area (Å²) in [5.41, 5.74) is 11.4. The van der Waals surface area contributed by atoms with Crippen molar-refractivity contribution >= 4 is 11.4 Å². The molecule has 2 aliphatic heterocycles. The van der Waals surface area contributed by atoms with E-state index in [0.29, 0.717) is 5.92 Å². The van der Waals surface area contributed by atoms with Crippen molar-refractivity contribution in [1.82, 2.24) is 10.2 Å². The molecule has 7 rings (SSSR count). The van der Waals surface area contributed by atoms with E-state index >= 15 is 0 Å². The number of hydrogen-bond donors (Lipinski definition) is 1. The third-order valence-electron chi connectivity index (χ3n) is 12.6. The molecule has 0 saturated heterocycles. The number of fused-ring (bicyclic) bond motifs is 2. The molecule has 0 aromatic heterocycles. The van der Waals surface area contributed by atoms with Crippen LogP contribution in [0, 0.1) is 11.8 Å². The molecular formula is C58H64N4. The summed E-state index contributed by atoms with van der Waals surface area (Å²) in [4.78, 5) is 10.1. The molecule has 1 N–H and O–H groups in total. The van der Waals surface area contributed by atoms with Crippen LogP contribution in [0.4, 0.5) is 5.69 Å². The van der Waals surface area contributed by atoms with Crippen LogP contribution in [0.1, 0.15) is 69.8 Å². The molecule has 4 aromatic rings. The lowest BCUT2D eigenvalue weighted by atomic mass is 9.80. The minimum Gasteiger partial charge on any atom is -0.364 e. The van der Waals surface area contributed by atoms with Crippen LogP contribution in [0.25, 0.3) is 16.8 Å². The van der Waals surface area contributed by atoms with Gasteiger partial charge in [0.15, 0.2) is 0 Å². The number of hydrogen-bond acceptors (Lipinski definition) is 4. The van der Waals surface area contributed by atoms with Gasteiger partial charge in [0.2, 0.25) is 6.29 Å². The highest BCUT2D eigenvalue weighted by Crippen LogP contribution is 2.38. The summed E-state index contributed by atoms with van der Waals surface area (Å²) in [6.07, 6.45) is 25.1. The zero-order chi connectivity index (χ0) is 43.3. The number of allylic oxidation sites excluding steroid dienone is 9. The fourth-order valence-corrected chi connectivity index (χ4v) is 9.27. The first-order chi connectivity index (χ1) is 30.3. The van der Waals surface area contributed by atoms with E-state index in [2.05, 4.69) is 181 Å². The molecule has 0 radical (unpaired) electrons. The molecule has 316 valence electrons. The van der Waals surface area contributed by atoms with Gasteiger partial charge in [-0.1, -0.05) is 171 Å². The molecule has 4 aromatic carbocycles. The smallest absolute Gasteiger partial charge is 0.201 e. The second-order valence-corrected chi connectivity index (χ2v) is 16.9. The molecule has 4 nitrogen and oxygen atoms in total. The molecule has 0 fully saturated rings. The van der Waals surface area contributed by atoms with Gasteiger partial charge in [-0.25, -0.2) is 4.99 Å². The van der Waals surface area contributed by atoms with Gasteiger partial charge in [-0.05, 0) is 117 Å². The zero-order valence-electron chi connectivity index (χ0n) is 36.6. The number of benzene rings is 4. The van der Waals surface area contributed by atoms with Crippen LogP contribution < -0.4 is 20.8 Å². The van der Waals surface area contributed by atoms with Crippen LogP contribution in [-0.2, 0) is 0 Å². The van der Waals surface area contributed by atoms with Crippen molar-refractivity contribution in [2.24, 2.45) is 16.8 Å². The van der Waals surface area contributed by atoms with Crippen molar-refractivity contribution in [3.8, 4) is 11.1 Å². The number of anilines is 1. The number of para-hydroxylation sites is 2. The Bertz CT molecular complexity index is 2450. The average molecular weight is 817 g/mol. The molecule has 0 bridgehead atoms. The van der Waals surface area contributed by atoms with Crippen LogP contribution in [0.5, 0.6) is 0 Å². The van der Waals surface area contributed by atoms with E-state index in [1.807, 2.05) is 12.2 Å². The minimum absolute atomic E-state index is 0.199. The quantitative estimate of drug-likeness (QED) is 0.0802. The largest absolute Gasteiger partial charge is 0.364 e. The fraction of sp³-hybridized carbons (Fsp3) is 0.259. The highest BCUT2D eigenvalue weighted by atomic mass is 15.4. The monoisotopic (exact) mass is 817 g/mol. The van der Waals surface area contributed by atoms with Gasteiger partial charge in [0.25, 0.3) is 0 Å². The van der Waals surface area contributed by atoms with Crippen LogP contribution in [-0.4, -0.2) is 23.8 Å². The van der Waals surface area contributed by atoms with E-state index in [9.17, 15) is 0 Å². The van der Waals surface area contributed by atoms with E-state index in [4.69, 9.17) is 18.2 Å². The average Bonchev–Trinajstić information content (AvgIpc) is 3.38. The molecule has 0 amide bonds. The van der Waals surface area contributed by atoms with Crippen LogP contribution in [0.15, 0.2) is 224 Å². The summed E-state index contributed by atoms with van der Waals surface area (Å²) >= 11 is 0. The normalized spacial score (nSPS) is 19.8. The lowest BCUT2D eigenvalue weighted by Gasteiger charge is -2.39. The molecule has 3 aliphatic rings. The molecule has 62 heavy (non-hydrogen) atoms. The first-order valence-corrected chi connectivity index (χ1v) is 22.5. The first kappa shape index (κ1) is 43.7. The van der Waals surface area contributed by atoms with Gasteiger partial charge in [-0.2, -0.15) is 0 Å². The Morgan fingerprint density at radius 3 is 2.27 bits per heavy atom. The summed E-state index contributed by atoms with van der Waals surface area (Å²) in [5.74, 6) is 0.539. The fourth-order valence-electron chi connectivity index (χ4n) is 9.27. The second kappa shape index (κ2) is 21.4. The Labute approximate surface area is 371 Å². The molecule has 2 heterocycles. The number of nitrogens with zero attached hydrogens (tertiary/aromatic N) is 3. The Kier molecular flexibility index (Phi) is 15.1. The van der Waals surface area contributed by atoms with Gasteiger partial charge < -0.3 is 15.1 Å². The van der Waals surface area contributed by atoms with Crippen molar-refractivity contribution in [2.75, 3.05) is 11.4 Å². The second-order valence-electron chi connectivity index (χ2n) is 16.9. The molecule has 0 spiro atoms. The van der Waals surface area contributed by atoms with Crippen molar-refractivity contribution in [2.45, 2.75) is 76.5 Å². The van der Waals surface area contributed by atoms with Crippen molar-refractivity contribution in [3.05, 3.63) is 235 Å². The maximum atomic E-state index is 5.31. The van der Waals surface area contributed by atoms with E-state index in [1.54, 1.807) is 0 Å². The third-order valence-corrected chi connectivity index (χ3v) is 12.6. The SMILES string of the molecule is C=CCCC(=C)CC/C=C\C[C@H](CC(=C)N(C(=C)C=C)[C@H]1N=c2ccccc2=C(c2ccc(-c3ccccc3)cc2)N1)/C1=C/C(=C)C2CCC=CC2N(c2ccccc2)CCC1. The highest BCUT2D eigenvalue weighted by molar-refractivity contribution is 5.70. The topological polar surface area (TPSA) is 30.9 Å². The lowest BCUT2D eigenvalue weighted by Crippen LogP contribution is -2.50. The Hall–Kier alpha value is -6.39. The van der Waals surface area contributed by atoms with Gasteiger partial charge in [0.05, 0.1) is 17.1 Å². The summed E-state index contributed by atoms with van der Waals surface area (Å²) in [7, 11) is 0.